The number of nitrogens with zero attached hydrogens (tertiary/aromatic N) is 1. The van der Waals surface area contributed by atoms with E-state index in [9.17, 15) is 4.79 Å². The second kappa shape index (κ2) is 4.63. The Kier molecular flexibility index (Phi) is 2.97. The van der Waals surface area contributed by atoms with Gasteiger partial charge in [-0.05, 0) is 28.1 Å². The van der Waals surface area contributed by atoms with Gasteiger partial charge in [-0.25, -0.2) is 4.98 Å². The third-order valence-corrected chi connectivity index (χ3v) is 4.26. The molecular formula is C14H8BrNOS. The Balaban J connectivity index is 2.10. The molecule has 0 N–H and O–H groups in total. The van der Waals surface area contributed by atoms with Gasteiger partial charge in [-0.3, -0.25) is 4.79 Å². The molecule has 0 saturated carbocycles. The average Bonchev–Trinajstić information content (AvgIpc) is 2.84. The van der Waals surface area contributed by atoms with Crippen LogP contribution in [-0.4, -0.2) is 10.8 Å². The SMILES string of the molecule is O=C(c1ccccc1)c1nc2c(Br)cccc2s1. The summed E-state index contributed by atoms with van der Waals surface area (Å²) in [6, 6.07) is 15.1. The molecule has 0 radical (unpaired) electrons. The van der Waals surface area contributed by atoms with Crippen molar-refractivity contribution >= 4 is 43.3 Å². The predicted octanol–water partition coefficient (Wildman–Crippen LogP) is 4.29. The number of ketones is 1. The Labute approximate surface area is 116 Å². The van der Waals surface area contributed by atoms with Crippen LogP contribution in [0.25, 0.3) is 10.2 Å². The van der Waals surface area contributed by atoms with E-state index in [0.29, 0.717) is 10.6 Å². The summed E-state index contributed by atoms with van der Waals surface area (Å²) < 4.78 is 1.94. The van der Waals surface area contributed by atoms with E-state index in [4.69, 9.17) is 0 Å². The summed E-state index contributed by atoms with van der Waals surface area (Å²) in [5.41, 5.74) is 1.52. The van der Waals surface area contributed by atoms with Gasteiger partial charge < -0.3 is 0 Å². The highest BCUT2D eigenvalue weighted by Crippen LogP contribution is 2.29. The molecule has 3 rings (SSSR count). The summed E-state index contributed by atoms with van der Waals surface area (Å²) in [5.74, 6) is -0.0244. The number of carbonyl (C=O) groups excluding carboxylic acids is 1. The Morgan fingerprint density at radius 3 is 2.56 bits per heavy atom. The van der Waals surface area contributed by atoms with E-state index < -0.39 is 0 Å². The average molecular weight is 318 g/mol. The number of thiazole rings is 1. The first-order chi connectivity index (χ1) is 8.75. The van der Waals surface area contributed by atoms with Crippen LogP contribution >= 0.6 is 27.3 Å². The molecule has 0 saturated heterocycles. The lowest BCUT2D eigenvalue weighted by Gasteiger charge is -1.94. The minimum atomic E-state index is -0.0244. The van der Waals surface area contributed by atoms with Gasteiger partial charge in [0, 0.05) is 10.0 Å². The summed E-state index contributed by atoms with van der Waals surface area (Å²) in [6.07, 6.45) is 0. The van der Waals surface area contributed by atoms with Crippen LogP contribution in [0.2, 0.25) is 0 Å². The number of aromatic nitrogens is 1. The molecule has 0 atom stereocenters. The third-order valence-electron chi connectivity index (χ3n) is 2.60. The lowest BCUT2D eigenvalue weighted by atomic mass is 10.1. The van der Waals surface area contributed by atoms with Gasteiger partial charge in [0.2, 0.25) is 5.78 Å². The van der Waals surface area contributed by atoms with Crippen LogP contribution in [0, 0.1) is 0 Å². The Hall–Kier alpha value is -1.52. The smallest absolute Gasteiger partial charge is 0.221 e. The van der Waals surface area contributed by atoms with Crippen molar-refractivity contribution in [1.29, 1.82) is 0 Å². The minimum absolute atomic E-state index is 0.0244. The fraction of sp³-hybridized carbons (Fsp3) is 0. The Bertz CT molecular complexity index is 721. The van der Waals surface area contributed by atoms with Gasteiger partial charge in [0.15, 0.2) is 5.01 Å². The third kappa shape index (κ3) is 1.98. The van der Waals surface area contributed by atoms with E-state index in [-0.39, 0.29) is 5.78 Å². The zero-order valence-electron chi connectivity index (χ0n) is 9.26. The van der Waals surface area contributed by atoms with Crippen LogP contribution in [0.1, 0.15) is 15.4 Å². The molecule has 0 fully saturated rings. The van der Waals surface area contributed by atoms with E-state index in [2.05, 4.69) is 20.9 Å². The Morgan fingerprint density at radius 2 is 1.83 bits per heavy atom. The largest absolute Gasteiger partial charge is 0.286 e. The van der Waals surface area contributed by atoms with Crippen LogP contribution in [0.15, 0.2) is 53.0 Å². The highest BCUT2D eigenvalue weighted by molar-refractivity contribution is 9.10. The first-order valence-electron chi connectivity index (χ1n) is 5.40. The van der Waals surface area contributed by atoms with Gasteiger partial charge in [0.05, 0.1) is 10.2 Å². The number of carbonyl (C=O) groups is 1. The van der Waals surface area contributed by atoms with Crippen LogP contribution in [0.5, 0.6) is 0 Å². The first-order valence-corrected chi connectivity index (χ1v) is 7.01. The standard InChI is InChI=1S/C14H8BrNOS/c15-10-7-4-8-11-12(10)16-14(18-11)13(17)9-5-2-1-3-6-9/h1-8H. The predicted molar refractivity (Wildman–Crippen MR) is 77.2 cm³/mol. The zero-order valence-corrected chi connectivity index (χ0v) is 11.7. The van der Waals surface area contributed by atoms with Crippen molar-refractivity contribution < 1.29 is 4.79 Å². The monoisotopic (exact) mass is 317 g/mol. The van der Waals surface area contributed by atoms with Crippen molar-refractivity contribution in [2.45, 2.75) is 0 Å². The second-order valence-corrected chi connectivity index (χ2v) is 5.69. The maximum atomic E-state index is 12.3. The molecule has 0 spiro atoms. The number of benzene rings is 2. The zero-order chi connectivity index (χ0) is 12.5. The van der Waals surface area contributed by atoms with Gasteiger partial charge in [-0.2, -0.15) is 0 Å². The van der Waals surface area contributed by atoms with E-state index in [1.165, 1.54) is 11.3 Å². The van der Waals surface area contributed by atoms with Crippen LogP contribution < -0.4 is 0 Å². The van der Waals surface area contributed by atoms with Crippen LogP contribution in [0.4, 0.5) is 0 Å². The van der Waals surface area contributed by atoms with Crippen LogP contribution in [0.3, 0.4) is 0 Å². The van der Waals surface area contributed by atoms with Crippen molar-refractivity contribution in [1.82, 2.24) is 4.98 Å². The minimum Gasteiger partial charge on any atom is -0.286 e. The molecule has 0 unspecified atom stereocenters. The molecule has 3 aromatic rings. The lowest BCUT2D eigenvalue weighted by Crippen LogP contribution is -1.99. The van der Waals surface area contributed by atoms with Gasteiger partial charge in [0.1, 0.15) is 0 Å². The number of fused-ring (bicyclic) bond motifs is 1. The molecule has 18 heavy (non-hydrogen) atoms. The fourth-order valence-corrected chi connectivity index (χ4v) is 3.27. The lowest BCUT2D eigenvalue weighted by molar-refractivity contribution is 0.103. The first kappa shape index (κ1) is 11.6. The number of para-hydroxylation sites is 1. The summed E-state index contributed by atoms with van der Waals surface area (Å²) in [7, 11) is 0. The number of hydrogen-bond acceptors (Lipinski definition) is 3. The molecule has 1 heterocycles. The normalized spacial score (nSPS) is 10.7. The van der Waals surface area contributed by atoms with Gasteiger partial charge in [-0.15, -0.1) is 11.3 Å². The second-order valence-electron chi connectivity index (χ2n) is 3.80. The van der Waals surface area contributed by atoms with E-state index >= 15 is 0 Å². The van der Waals surface area contributed by atoms with Crippen molar-refractivity contribution in [3.05, 3.63) is 63.6 Å². The van der Waals surface area contributed by atoms with E-state index in [1.807, 2.05) is 48.5 Å². The molecular weight excluding hydrogens is 310 g/mol. The van der Waals surface area contributed by atoms with Crippen LogP contribution in [-0.2, 0) is 0 Å². The molecule has 2 aromatic carbocycles. The molecule has 0 aliphatic heterocycles. The number of halogens is 1. The van der Waals surface area contributed by atoms with Crippen molar-refractivity contribution in [3.8, 4) is 0 Å². The number of rotatable bonds is 2. The van der Waals surface area contributed by atoms with E-state index in [0.717, 1.165) is 14.7 Å². The van der Waals surface area contributed by atoms with Gasteiger partial charge in [0.25, 0.3) is 0 Å². The number of hydrogen-bond donors (Lipinski definition) is 0. The maximum Gasteiger partial charge on any atom is 0.221 e. The molecule has 1 aromatic heterocycles. The summed E-state index contributed by atoms with van der Waals surface area (Å²) in [6.45, 7) is 0. The fourth-order valence-electron chi connectivity index (χ4n) is 1.73. The highest BCUT2D eigenvalue weighted by Gasteiger charge is 2.14. The summed E-state index contributed by atoms with van der Waals surface area (Å²) >= 11 is 4.87. The van der Waals surface area contributed by atoms with Crippen molar-refractivity contribution in [2.24, 2.45) is 0 Å². The molecule has 0 aliphatic rings. The molecule has 0 amide bonds. The molecule has 2 nitrogen and oxygen atoms in total. The topological polar surface area (TPSA) is 30.0 Å². The molecule has 4 heteroatoms. The maximum absolute atomic E-state index is 12.3. The summed E-state index contributed by atoms with van der Waals surface area (Å²) in [4.78, 5) is 16.7. The molecule has 0 aliphatic carbocycles. The van der Waals surface area contributed by atoms with Gasteiger partial charge in [-0.1, -0.05) is 36.4 Å². The highest BCUT2D eigenvalue weighted by atomic mass is 79.9. The Morgan fingerprint density at radius 1 is 1.06 bits per heavy atom. The molecule has 0 bridgehead atoms. The van der Waals surface area contributed by atoms with Gasteiger partial charge >= 0.3 is 0 Å². The van der Waals surface area contributed by atoms with E-state index in [1.54, 1.807) is 0 Å². The quantitative estimate of drug-likeness (QED) is 0.660. The summed E-state index contributed by atoms with van der Waals surface area (Å²) in [5, 5.41) is 0.531. The molecule has 88 valence electrons. The van der Waals surface area contributed by atoms with Crippen molar-refractivity contribution in [2.75, 3.05) is 0 Å². The van der Waals surface area contributed by atoms with Crippen molar-refractivity contribution in [3.63, 3.8) is 0 Å².